The third-order valence-electron chi connectivity index (χ3n) is 3.96. The van der Waals surface area contributed by atoms with Gasteiger partial charge in [0.25, 0.3) is 0 Å². The summed E-state index contributed by atoms with van der Waals surface area (Å²) in [6, 6.07) is 6.27. The molecule has 3 nitrogen and oxygen atoms in total. The quantitative estimate of drug-likeness (QED) is 0.891. The molecule has 1 aliphatic heterocycles. The Morgan fingerprint density at radius 1 is 1.42 bits per heavy atom. The molecule has 2 rings (SSSR count). The first-order chi connectivity index (χ1) is 9.11. The van der Waals surface area contributed by atoms with Gasteiger partial charge in [-0.3, -0.25) is 0 Å². The van der Waals surface area contributed by atoms with E-state index in [2.05, 4.69) is 22.3 Å². The minimum atomic E-state index is -0.198. The van der Waals surface area contributed by atoms with Crippen molar-refractivity contribution in [3.8, 4) is 0 Å². The van der Waals surface area contributed by atoms with Gasteiger partial charge in [0.15, 0.2) is 0 Å². The normalized spacial score (nSPS) is 18.6. The van der Waals surface area contributed by atoms with Crippen molar-refractivity contribution in [2.45, 2.75) is 32.4 Å². The van der Waals surface area contributed by atoms with Crippen molar-refractivity contribution in [2.24, 2.45) is 5.92 Å². The number of rotatable bonds is 4. The van der Waals surface area contributed by atoms with Crippen LogP contribution in [-0.4, -0.2) is 31.3 Å². The third kappa shape index (κ3) is 3.62. The van der Waals surface area contributed by atoms with Crippen LogP contribution in [0, 0.1) is 5.92 Å². The van der Waals surface area contributed by atoms with Crippen molar-refractivity contribution < 1.29 is 5.11 Å². The Morgan fingerprint density at radius 3 is 2.63 bits per heavy atom. The lowest BCUT2D eigenvalue weighted by atomic mass is 9.92. The molecule has 0 radical (unpaired) electrons. The lowest BCUT2D eigenvalue weighted by molar-refractivity contribution is 0.110. The predicted molar refractivity (Wildman–Crippen MR) is 80.8 cm³/mol. The molecule has 1 aromatic carbocycles. The van der Waals surface area contributed by atoms with E-state index in [0.29, 0.717) is 5.92 Å². The highest BCUT2D eigenvalue weighted by atomic mass is 35.5. The Kier molecular flexibility index (Phi) is 5.08. The van der Waals surface area contributed by atoms with Gasteiger partial charge >= 0.3 is 0 Å². The minimum Gasteiger partial charge on any atom is -0.393 e. The largest absolute Gasteiger partial charge is 0.393 e. The maximum atomic E-state index is 9.63. The summed E-state index contributed by atoms with van der Waals surface area (Å²) in [7, 11) is 1.93. The third-order valence-corrected chi connectivity index (χ3v) is 4.26. The summed E-state index contributed by atoms with van der Waals surface area (Å²) in [5.41, 5.74) is 2.32. The number of hydrogen-bond donors (Lipinski definition) is 2. The zero-order chi connectivity index (χ0) is 13.8. The molecule has 1 heterocycles. The maximum absolute atomic E-state index is 9.63. The van der Waals surface area contributed by atoms with Gasteiger partial charge in [0, 0.05) is 19.6 Å². The van der Waals surface area contributed by atoms with Crippen LogP contribution in [0.3, 0.4) is 0 Å². The average Bonchev–Trinajstić information content (AvgIpc) is 2.39. The second kappa shape index (κ2) is 6.60. The standard InChI is InChI=1S/C15H23ClN2O/c1-11(19)13-5-7-18(8-6-13)15-4-3-12(10-17-2)9-14(15)16/h3-4,9,11,13,17,19H,5-8,10H2,1-2H3. The molecule has 1 aliphatic rings. The Hall–Kier alpha value is -0.770. The van der Waals surface area contributed by atoms with E-state index in [4.69, 9.17) is 11.6 Å². The first kappa shape index (κ1) is 14.6. The van der Waals surface area contributed by atoms with E-state index in [-0.39, 0.29) is 6.10 Å². The van der Waals surface area contributed by atoms with Crippen LogP contribution in [0.2, 0.25) is 5.02 Å². The summed E-state index contributed by atoms with van der Waals surface area (Å²) in [5.74, 6) is 0.429. The molecular formula is C15H23ClN2O. The molecule has 0 aromatic heterocycles. The number of aliphatic hydroxyl groups is 1. The fourth-order valence-electron chi connectivity index (χ4n) is 2.74. The smallest absolute Gasteiger partial charge is 0.0642 e. The number of halogens is 1. The summed E-state index contributed by atoms with van der Waals surface area (Å²) in [5, 5.41) is 13.6. The molecule has 0 saturated carbocycles. The molecule has 1 fully saturated rings. The molecule has 0 spiro atoms. The summed E-state index contributed by atoms with van der Waals surface area (Å²) >= 11 is 6.38. The predicted octanol–water partition coefficient (Wildman–Crippen LogP) is 2.66. The minimum absolute atomic E-state index is 0.198. The van der Waals surface area contributed by atoms with Gasteiger partial charge in [0.05, 0.1) is 16.8 Å². The van der Waals surface area contributed by atoms with Crippen molar-refractivity contribution >= 4 is 17.3 Å². The first-order valence-electron chi connectivity index (χ1n) is 6.98. The molecule has 1 aromatic rings. The van der Waals surface area contributed by atoms with Crippen LogP contribution in [0.4, 0.5) is 5.69 Å². The van der Waals surface area contributed by atoms with E-state index >= 15 is 0 Å². The first-order valence-corrected chi connectivity index (χ1v) is 7.35. The molecule has 1 unspecified atom stereocenters. The molecule has 0 amide bonds. The van der Waals surface area contributed by atoms with Gasteiger partial charge in [-0.15, -0.1) is 0 Å². The number of piperidine rings is 1. The SMILES string of the molecule is CNCc1ccc(N2CCC(C(C)O)CC2)c(Cl)c1. The molecule has 0 aliphatic carbocycles. The highest BCUT2D eigenvalue weighted by Gasteiger charge is 2.23. The Morgan fingerprint density at radius 2 is 2.11 bits per heavy atom. The Balaban J connectivity index is 2.03. The van der Waals surface area contributed by atoms with Crippen molar-refractivity contribution in [1.29, 1.82) is 0 Å². The molecule has 106 valence electrons. The van der Waals surface area contributed by atoms with Gasteiger partial charge < -0.3 is 15.3 Å². The molecule has 4 heteroatoms. The topological polar surface area (TPSA) is 35.5 Å². The summed E-state index contributed by atoms with van der Waals surface area (Å²) < 4.78 is 0. The number of hydrogen-bond acceptors (Lipinski definition) is 3. The fourth-order valence-corrected chi connectivity index (χ4v) is 3.07. The van der Waals surface area contributed by atoms with Crippen LogP contribution in [0.15, 0.2) is 18.2 Å². The number of aliphatic hydroxyl groups excluding tert-OH is 1. The Labute approximate surface area is 120 Å². The van der Waals surface area contributed by atoms with E-state index in [1.165, 1.54) is 5.56 Å². The average molecular weight is 283 g/mol. The van der Waals surface area contributed by atoms with E-state index < -0.39 is 0 Å². The van der Waals surface area contributed by atoms with Gasteiger partial charge in [-0.1, -0.05) is 17.7 Å². The number of nitrogens with one attached hydrogen (secondary N) is 1. The highest BCUT2D eigenvalue weighted by Crippen LogP contribution is 2.31. The van der Waals surface area contributed by atoms with Crippen LogP contribution in [0.5, 0.6) is 0 Å². The molecule has 2 N–H and O–H groups in total. The monoisotopic (exact) mass is 282 g/mol. The van der Waals surface area contributed by atoms with Crippen LogP contribution in [0.1, 0.15) is 25.3 Å². The molecular weight excluding hydrogens is 260 g/mol. The highest BCUT2D eigenvalue weighted by molar-refractivity contribution is 6.33. The second-order valence-corrected chi connectivity index (χ2v) is 5.79. The van der Waals surface area contributed by atoms with Crippen molar-refractivity contribution in [1.82, 2.24) is 5.32 Å². The van der Waals surface area contributed by atoms with Crippen LogP contribution < -0.4 is 10.2 Å². The second-order valence-electron chi connectivity index (χ2n) is 5.38. The van der Waals surface area contributed by atoms with Crippen LogP contribution in [0.25, 0.3) is 0 Å². The molecule has 1 atom stereocenters. The lowest BCUT2D eigenvalue weighted by Crippen LogP contribution is -2.37. The van der Waals surface area contributed by atoms with Gasteiger partial charge in [-0.05, 0) is 50.4 Å². The lowest BCUT2D eigenvalue weighted by Gasteiger charge is -2.35. The van der Waals surface area contributed by atoms with E-state index in [9.17, 15) is 5.11 Å². The summed E-state index contributed by atoms with van der Waals surface area (Å²) in [6.45, 7) is 4.67. The fraction of sp³-hybridized carbons (Fsp3) is 0.600. The van der Waals surface area contributed by atoms with Crippen LogP contribution in [-0.2, 0) is 6.54 Å². The van der Waals surface area contributed by atoms with E-state index in [0.717, 1.165) is 43.2 Å². The summed E-state index contributed by atoms with van der Waals surface area (Å²) in [6.07, 6.45) is 1.87. The molecule has 1 saturated heterocycles. The number of anilines is 1. The van der Waals surface area contributed by atoms with Crippen molar-refractivity contribution in [3.05, 3.63) is 28.8 Å². The van der Waals surface area contributed by atoms with E-state index in [1.54, 1.807) is 0 Å². The van der Waals surface area contributed by atoms with Gasteiger partial charge in [0.2, 0.25) is 0 Å². The van der Waals surface area contributed by atoms with Gasteiger partial charge in [-0.2, -0.15) is 0 Å². The van der Waals surface area contributed by atoms with Crippen molar-refractivity contribution in [2.75, 3.05) is 25.0 Å². The molecule has 0 bridgehead atoms. The van der Waals surface area contributed by atoms with Crippen molar-refractivity contribution in [3.63, 3.8) is 0 Å². The zero-order valence-corrected chi connectivity index (χ0v) is 12.5. The maximum Gasteiger partial charge on any atom is 0.0642 e. The molecule has 19 heavy (non-hydrogen) atoms. The Bertz CT molecular complexity index is 415. The van der Waals surface area contributed by atoms with E-state index in [1.807, 2.05) is 20.0 Å². The van der Waals surface area contributed by atoms with Gasteiger partial charge in [-0.25, -0.2) is 0 Å². The zero-order valence-electron chi connectivity index (χ0n) is 11.7. The summed E-state index contributed by atoms with van der Waals surface area (Å²) in [4.78, 5) is 2.32. The number of benzene rings is 1. The number of nitrogens with zero attached hydrogens (tertiary/aromatic N) is 1. The van der Waals surface area contributed by atoms with Gasteiger partial charge in [0.1, 0.15) is 0 Å². The van der Waals surface area contributed by atoms with Crippen LogP contribution >= 0.6 is 11.6 Å².